The molecule has 0 bridgehead atoms. The Labute approximate surface area is 176 Å². The van der Waals surface area contributed by atoms with Gasteiger partial charge in [-0.25, -0.2) is 8.42 Å². The van der Waals surface area contributed by atoms with Crippen molar-refractivity contribution in [3.63, 3.8) is 0 Å². The molecule has 0 heterocycles. The van der Waals surface area contributed by atoms with E-state index in [1.807, 2.05) is 31.2 Å². The topological polar surface area (TPSA) is 66.5 Å². The molecule has 0 saturated heterocycles. The molecule has 0 aliphatic heterocycles. The molecule has 0 aliphatic carbocycles. The molecule has 7 heteroatoms. The maximum Gasteiger partial charge on any atom is 0.261 e. The highest BCUT2D eigenvalue weighted by Gasteiger charge is 2.18. The summed E-state index contributed by atoms with van der Waals surface area (Å²) in [7, 11) is -2.15. The number of benzene rings is 3. The number of carbonyl (C=O) groups excluding carboxylic acids is 1. The van der Waals surface area contributed by atoms with Crippen LogP contribution >= 0.6 is 11.6 Å². The Morgan fingerprint density at radius 1 is 1.00 bits per heavy atom. The summed E-state index contributed by atoms with van der Waals surface area (Å²) in [5, 5.41) is 0.596. The van der Waals surface area contributed by atoms with Crippen LogP contribution in [0, 0.1) is 6.92 Å². The molecule has 0 unspecified atom stereocenters. The number of rotatable bonds is 6. The van der Waals surface area contributed by atoms with E-state index in [0.29, 0.717) is 22.8 Å². The van der Waals surface area contributed by atoms with Gasteiger partial charge in [0.15, 0.2) is 0 Å². The van der Waals surface area contributed by atoms with Crippen molar-refractivity contribution in [3.8, 4) is 0 Å². The van der Waals surface area contributed by atoms with Gasteiger partial charge in [0.2, 0.25) is 0 Å². The van der Waals surface area contributed by atoms with Crippen molar-refractivity contribution in [2.45, 2.75) is 18.4 Å². The summed E-state index contributed by atoms with van der Waals surface area (Å²) in [6.07, 6.45) is 0. The zero-order valence-electron chi connectivity index (χ0n) is 16.1. The lowest BCUT2D eigenvalue weighted by atomic mass is 10.1. The quantitative estimate of drug-likeness (QED) is 0.617. The highest BCUT2D eigenvalue weighted by molar-refractivity contribution is 7.92. The summed E-state index contributed by atoms with van der Waals surface area (Å²) in [4.78, 5) is 14.3. The zero-order chi connectivity index (χ0) is 21.0. The number of nitrogens with one attached hydrogen (secondary N) is 1. The van der Waals surface area contributed by atoms with Crippen LogP contribution in [0.3, 0.4) is 0 Å². The number of amides is 1. The van der Waals surface area contributed by atoms with Gasteiger partial charge in [-0.2, -0.15) is 0 Å². The van der Waals surface area contributed by atoms with Crippen LogP contribution in [0.2, 0.25) is 5.02 Å². The van der Waals surface area contributed by atoms with E-state index in [1.165, 1.54) is 17.0 Å². The fourth-order valence-corrected chi connectivity index (χ4v) is 4.15. The molecule has 3 rings (SSSR count). The van der Waals surface area contributed by atoms with Crippen LogP contribution in [-0.2, 0) is 16.6 Å². The van der Waals surface area contributed by atoms with Crippen LogP contribution in [0.5, 0.6) is 0 Å². The number of halogens is 1. The summed E-state index contributed by atoms with van der Waals surface area (Å²) in [6, 6.07) is 20.3. The number of anilines is 1. The third-order valence-corrected chi connectivity index (χ3v) is 5.96. The third kappa shape index (κ3) is 5.37. The minimum Gasteiger partial charge on any atom is -0.337 e. The van der Waals surface area contributed by atoms with Gasteiger partial charge in [0.05, 0.1) is 4.90 Å². The molecule has 5 nitrogen and oxygen atoms in total. The number of aryl methyl sites for hydroxylation is 1. The molecule has 29 heavy (non-hydrogen) atoms. The van der Waals surface area contributed by atoms with Gasteiger partial charge in [0.25, 0.3) is 15.9 Å². The molecule has 0 fully saturated rings. The number of carbonyl (C=O) groups is 1. The van der Waals surface area contributed by atoms with Gasteiger partial charge in [-0.3, -0.25) is 9.52 Å². The van der Waals surface area contributed by atoms with Crippen molar-refractivity contribution in [3.05, 3.63) is 94.5 Å². The number of nitrogens with zero attached hydrogens (tertiary/aromatic N) is 1. The van der Waals surface area contributed by atoms with E-state index in [0.717, 1.165) is 11.1 Å². The molecule has 1 amide bonds. The highest BCUT2D eigenvalue weighted by atomic mass is 35.5. The van der Waals surface area contributed by atoms with Gasteiger partial charge < -0.3 is 4.90 Å². The maximum atomic E-state index is 12.8. The molecule has 150 valence electrons. The first-order valence-electron chi connectivity index (χ1n) is 8.94. The SMILES string of the molecule is Cc1ccc(NS(=O)(=O)c2cccc(C(=O)N(C)Cc3cccc(Cl)c3)c2)cc1. The zero-order valence-corrected chi connectivity index (χ0v) is 17.7. The summed E-state index contributed by atoms with van der Waals surface area (Å²) >= 11 is 5.99. The van der Waals surface area contributed by atoms with E-state index in [1.54, 1.807) is 43.4 Å². The average molecular weight is 429 g/mol. The Morgan fingerprint density at radius 3 is 2.38 bits per heavy atom. The molecule has 0 atom stereocenters. The molecular weight excluding hydrogens is 408 g/mol. The Kier molecular flexibility index (Phi) is 6.25. The Balaban J connectivity index is 1.78. The lowest BCUT2D eigenvalue weighted by molar-refractivity contribution is 0.0785. The molecule has 1 N–H and O–H groups in total. The van der Waals surface area contributed by atoms with E-state index >= 15 is 0 Å². The first kappa shape index (κ1) is 20.9. The van der Waals surface area contributed by atoms with Gasteiger partial charge in [0.1, 0.15) is 0 Å². The minimum absolute atomic E-state index is 0.0279. The first-order valence-corrected chi connectivity index (χ1v) is 10.8. The van der Waals surface area contributed by atoms with Gasteiger partial charge in [-0.1, -0.05) is 47.5 Å². The van der Waals surface area contributed by atoms with Crippen molar-refractivity contribution < 1.29 is 13.2 Å². The Bertz CT molecular complexity index is 1130. The van der Waals surface area contributed by atoms with Gasteiger partial charge in [0, 0.05) is 29.9 Å². The van der Waals surface area contributed by atoms with Gasteiger partial charge >= 0.3 is 0 Å². The van der Waals surface area contributed by atoms with E-state index in [9.17, 15) is 13.2 Å². The van der Waals surface area contributed by atoms with Gasteiger partial charge in [-0.15, -0.1) is 0 Å². The molecule has 0 saturated carbocycles. The van der Waals surface area contributed by atoms with E-state index in [-0.39, 0.29) is 10.8 Å². The maximum absolute atomic E-state index is 12.8. The van der Waals surface area contributed by atoms with Crippen LogP contribution in [0.25, 0.3) is 0 Å². The molecule has 3 aromatic rings. The fourth-order valence-electron chi connectivity index (χ4n) is 2.83. The monoisotopic (exact) mass is 428 g/mol. The predicted octanol–water partition coefficient (Wildman–Crippen LogP) is 4.72. The Morgan fingerprint density at radius 2 is 1.69 bits per heavy atom. The third-order valence-electron chi connectivity index (χ3n) is 4.35. The molecule has 0 aromatic heterocycles. The first-order chi connectivity index (χ1) is 13.7. The highest BCUT2D eigenvalue weighted by Crippen LogP contribution is 2.19. The molecule has 0 aliphatic rings. The van der Waals surface area contributed by atoms with Crippen LogP contribution in [0.15, 0.2) is 77.7 Å². The van der Waals surface area contributed by atoms with Crippen molar-refractivity contribution >= 4 is 33.2 Å². The van der Waals surface area contributed by atoms with E-state index in [2.05, 4.69) is 4.72 Å². The second-order valence-electron chi connectivity index (χ2n) is 6.79. The number of sulfonamides is 1. The van der Waals surface area contributed by atoms with Gasteiger partial charge in [-0.05, 0) is 55.0 Å². The minimum atomic E-state index is -3.81. The summed E-state index contributed by atoms with van der Waals surface area (Å²) in [5.74, 6) is -0.280. The normalized spacial score (nSPS) is 11.1. The largest absolute Gasteiger partial charge is 0.337 e. The van der Waals surface area contributed by atoms with Crippen LogP contribution in [-0.4, -0.2) is 26.3 Å². The van der Waals surface area contributed by atoms with E-state index < -0.39 is 10.0 Å². The van der Waals surface area contributed by atoms with E-state index in [4.69, 9.17) is 11.6 Å². The van der Waals surface area contributed by atoms with Crippen molar-refractivity contribution in [2.75, 3.05) is 11.8 Å². The van der Waals surface area contributed by atoms with Crippen LogP contribution in [0.4, 0.5) is 5.69 Å². The second kappa shape index (κ2) is 8.68. The fraction of sp³-hybridized carbons (Fsp3) is 0.136. The summed E-state index contributed by atoms with van der Waals surface area (Å²) in [6.45, 7) is 2.28. The number of hydrogen-bond donors (Lipinski definition) is 1. The molecule has 3 aromatic carbocycles. The smallest absolute Gasteiger partial charge is 0.261 e. The lowest BCUT2D eigenvalue weighted by Gasteiger charge is -2.18. The summed E-state index contributed by atoms with van der Waals surface area (Å²) < 4.78 is 28.0. The Hall–Kier alpha value is -2.83. The van der Waals surface area contributed by atoms with Crippen molar-refractivity contribution in [1.29, 1.82) is 0 Å². The lowest BCUT2D eigenvalue weighted by Crippen LogP contribution is -2.26. The molecule has 0 spiro atoms. The van der Waals surface area contributed by atoms with Crippen LogP contribution < -0.4 is 4.72 Å². The predicted molar refractivity (Wildman–Crippen MR) is 116 cm³/mol. The van der Waals surface area contributed by atoms with Crippen molar-refractivity contribution in [2.24, 2.45) is 0 Å². The number of hydrogen-bond acceptors (Lipinski definition) is 3. The standard InChI is InChI=1S/C22H21ClN2O3S/c1-16-9-11-20(12-10-16)24-29(27,28)21-8-4-6-18(14-21)22(26)25(2)15-17-5-3-7-19(23)13-17/h3-14,24H,15H2,1-2H3. The molecular formula is C22H21ClN2O3S. The second-order valence-corrected chi connectivity index (χ2v) is 8.91. The average Bonchev–Trinajstić information content (AvgIpc) is 2.69. The summed E-state index contributed by atoms with van der Waals surface area (Å²) in [5.41, 5.74) is 2.67. The molecule has 0 radical (unpaired) electrons. The van der Waals surface area contributed by atoms with Crippen molar-refractivity contribution in [1.82, 2.24) is 4.90 Å². The van der Waals surface area contributed by atoms with Crippen LogP contribution in [0.1, 0.15) is 21.5 Å².